The second-order valence-electron chi connectivity index (χ2n) is 7.13. The highest BCUT2D eigenvalue weighted by atomic mass is 16.3. The number of benzene rings is 1. The lowest BCUT2D eigenvalue weighted by atomic mass is 9.78. The number of nitrogens with zero attached hydrogens (tertiary/aromatic N) is 1. The summed E-state index contributed by atoms with van der Waals surface area (Å²) in [6, 6.07) is 3.96. The highest BCUT2D eigenvalue weighted by Gasteiger charge is 2.26. The van der Waals surface area contributed by atoms with Gasteiger partial charge >= 0.3 is 0 Å². The van der Waals surface area contributed by atoms with Gasteiger partial charge in [-0.25, -0.2) is 0 Å². The van der Waals surface area contributed by atoms with Crippen LogP contribution in [0.15, 0.2) is 17.2 Å². The third-order valence-corrected chi connectivity index (χ3v) is 3.34. The van der Waals surface area contributed by atoms with Gasteiger partial charge in [0.05, 0.1) is 5.71 Å². The van der Waals surface area contributed by atoms with Crippen LogP contribution in [0, 0.1) is 0 Å². The van der Waals surface area contributed by atoms with Gasteiger partial charge in [-0.2, -0.15) is 5.10 Å². The number of aromatic hydroxyl groups is 1. The molecule has 0 heterocycles. The maximum absolute atomic E-state index is 10.6. The smallest absolute Gasteiger partial charge is 0.123 e. The van der Waals surface area contributed by atoms with Crippen LogP contribution >= 0.6 is 0 Å². The van der Waals surface area contributed by atoms with Gasteiger partial charge in [0.25, 0.3) is 0 Å². The van der Waals surface area contributed by atoms with Crippen molar-refractivity contribution in [3.05, 3.63) is 28.8 Å². The molecule has 0 bridgehead atoms. The Bertz CT molecular complexity index is 467. The maximum Gasteiger partial charge on any atom is 0.123 e. The fourth-order valence-corrected chi connectivity index (χ4v) is 2.06. The van der Waals surface area contributed by atoms with Crippen LogP contribution in [0.5, 0.6) is 5.75 Å². The zero-order valence-corrected chi connectivity index (χ0v) is 13.1. The summed E-state index contributed by atoms with van der Waals surface area (Å²) in [4.78, 5) is 0. The Morgan fingerprint density at radius 3 is 1.63 bits per heavy atom. The average Bonchev–Trinajstić information content (AvgIpc) is 2.25. The lowest BCUT2D eigenvalue weighted by Crippen LogP contribution is -2.18. The van der Waals surface area contributed by atoms with Crippen molar-refractivity contribution in [2.75, 3.05) is 0 Å². The predicted molar refractivity (Wildman–Crippen MR) is 81.9 cm³/mol. The standard InChI is InChI=1S/C16H26N2O/c1-10(18-17)11-8-12(15(2,3)4)14(19)13(9-11)16(5,6)7/h8-9,19H,17H2,1-7H3/b18-10+. The number of hydrogen-bond donors (Lipinski definition) is 2. The molecule has 19 heavy (non-hydrogen) atoms. The van der Waals surface area contributed by atoms with Crippen LogP contribution in [-0.4, -0.2) is 10.8 Å². The van der Waals surface area contributed by atoms with Gasteiger partial charge in [-0.05, 0) is 35.4 Å². The normalized spacial score (nSPS) is 13.7. The molecule has 0 radical (unpaired) electrons. The van der Waals surface area contributed by atoms with Gasteiger partial charge in [-0.15, -0.1) is 0 Å². The zero-order valence-electron chi connectivity index (χ0n) is 13.1. The van der Waals surface area contributed by atoms with E-state index in [4.69, 9.17) is 5.84 Å². The number of rotatable bonds is 1. The van der Waals surface area contributed by atoms with Crippen molar-refractivity contribution in [3.8, 4) is 5.75 Å². The maximum atomic E-state index is 10.6. The topological polar surface area (TPSA) is 58.6 Å². The fraction of sp³-hybridized carbons (Fsp3) is 0.562. The molecule has 3 N–H and O–H groups in total. The molecule has 1 aromatic rings. The van der Waals surface area contributed by atoms with Crippen molar-refractivity contribution in [2.24, 2.45) is 10.9 Å². The summed E-state index contributed by atoms with van der Waals surface area (Å²) in [5.74, 6) is 5.77. The molecule has 0 fully saturated rings. The van der Waals surface area contributed by atoms with E-state index in [9.17, 15) is 5.11 Å². The first-order valence-electron chi connectivity index (χ1n) is 6.61. The third-order valence-electron chi connectivity index (χ3n) is 3.34. The van der Waals surface area contributed by atoms with E-state index < -0.39 is 0 Å². The fourth-order valence-electron chi connectivity index (χ4n) is 2.06. The van der Waals surface area contributed by atoms with Crippen LogP contribution in [0.25, 0.3) is 0 Å². The Morgan fingerprint density at radius 2 is 1.37 bits per heavy atom. The van der Waals surface area contributed by atoms with Gasteiger partial charge in [0, 0.05) is 11.1 Å². The van der Waals surface area contributed by atoms with Gasteiger partial charge in [0.2, 0.25) is 0 Å². The molecule has 0 unspecified atom stereocenters. The number of phenols is 1. The van der Waals surface area contributed by atoms with E-state index in [1.807, 2.05) is 19.1 Å². The number of hydrogen-bond acceptors (Lipinski definition) is 3. The van der Waals surface area contributed by atoms with Crippen LogP contribution in [0.1, 0.15) is 65.2 Å². The SMILES string of the molecule is C/C(=N\N)c1cc(C(C)(C)C)c(O)c(C(C)(C)C)c1. The molecule has 0 saturated heterocycles. The zero-order chi connectivity index (χ0) is 15.0. The summed E-state index contributed by atoms with van der Waals surface area (Å²) in [6.07, 6.45) is 0. The van der Waals surface area contributed by atoms with E-state index in [-0.39, 0.29) is 10.8 Å². The minimum absolute atomic E-state index is 0.130. The molecule has 1 rings (SSSR count). The average molecular weight is 262 g/mol. The van der Waals surface area contributed by atoms with Crippen molar-refractivity contribution in [3.63, 3.8) is 0 Å². The van der Waals surface area contributed by atoms with Gasteiger partial charge in [-0.1, -0.05) is 41.5 Å². The summed E-state index contributed by atoms with van der Waals surface area (Å²) in [7, 11) is 0. The first-order chi connectivity index (χ1) is 8.48. The van der Waals surface area contributed by atoms with Gasteiger partial charge < -0.3 is 10.9 Å². The Kier molecular flexibility index (Phi) is 3.99. The van der Waals surface area contributed by atoms with Gasteiger partial charge in [0.15, 0.2) is 0 Å². The lowest BCUT2D eigenvalue weighted by Gasteiger charge is -2.28. The number of hydrazone groups is 1. The monoisotopic (exact) mass is 262 g/mol. The molecular formula is C16H26N2O. The molecule has 0 saturated carbocycles. The van der Waals surface area contributed by atoms with Crippen LogP contribution in [0.3, 0.4) is 0 Å². The first-order valence-corrected chi connectivity index (χ1v) is 6.61. The summed E-state index contributed by atoms with van der Waals surface area (Å²) in [6.45, 7) is 14.4. The Labute approximate surface area is 116 Å². The minimum atomic E-state index is -0.130. The van der Waals surface area contributed by atoms with Gasteiger partial charge in [-0.3, -0.25) is 0 Å². The molecule has 3 heteroatoms. The quantitative estimate of drug-likeness (QED) is 0.461. The van der Waals surface area contributed by atoms with Crippen LogP contribution in [-0.2, 0) is 10.8 Å². The summed E-state index contributed by atoms with van der Waals surface area (Å²) in [5.41, 5.74) is 3.34. The molecule has 0 aromatic heterocycles. The molecule has 0 spiro atoms. The molecule has 0 amide bonds. The Hall–Kier alpha value is -1.51. The molecule has 0 aliphatic heterocycles. The van der Waals surface area contributed by atoms with Crippen molar-refractivity contribution in [1.29, 1.82) is 0 Å². The Balaban J connectivity index is 3.67. The summed E-state index contributed by atoms with van der Waals surface area (Å²) < 4.78 is 0. The highest BCUT2D eigenvalue weighted by Crippen LogP contribution is 2.39. The molecule has 0 aliphatic carbocycles. The van der Waals surface area contributed by atoms with Crippen molar-refractivity contribution < 1.29 is 5.11 Å². The molecule has 1 aromatic carbocycles. The largest absolute Gasteiger partial charge is 0.507 e. The van der Waals surface area contributed by atoms with Crippen LogP contribution in [0.4, 0.5) is 0 Å². The predicted octanol–water partition coefficient (Wildman–Crippen LogP) is 3.67. The first kappa shape index (κ1) is 15.5. The van der Waals surface area contributed by atoms with E-state index in [1.54, 1.807) is 0 Å². The highest BCUT2D eigenvalue weighted by molar-refractivity contribution is 5.99. The number of nitrogens with two attached hydrogens (primary N) is 1. The minimum Gasteiger partial charge on any atom is -0.507 e. The number of phenolic OH excluding ortho intramolecular Hbond substituents is 1. The second-order valence-corrected chi connectivity index (χ2v) is 7.13. The van der Waals surface area contributed by atoms with Crippen LogP contribution < -0.4 is 5.84 Å². The Morgan fingerprint density at radius 1 is 1.00 bits per heavy atom. The molecular weight excluding hydrogens is 236 g/mol. The molecule has 3 nitrogen and oxygen atoms in total. The van der Waals surface area contributed by atoms with E-state index in [1.165, 1.54) is 0 Å². The van der Waals surface area contributed by atoms with Gasteiger partial charge in [0.1, 0.15) is 5.75 Å². The second kappa shape index (κ2) is 4.87. The summed E-state index contributed by atoms with van der Waals surface area (Å²) >= 11 is 0. The van der Waals surface area contributed by atoms with Crippen molar-refractivity contribution >= 4 is 5.71 Å². The third kappa shape index (κ3) is 3.28. The van der Waals surface area contributed by atoms with Crippen molar-refractivity contribution in [1.82, 2.24) is 0 Å². The van der Waals surface area contributed by atoms with E-state index in [0.29, 0.717) is 5.75 Å². The van der Waals surface area contributed by atoms with E-state index in [2.05, 4.69) is 46.6 Å². The molecule has 0 atom stereocenters. The lowest BCUT2D eigenvalue weighted by molar-refractivity contribution is 0.423. The molecule has 106 valence electrons. The molecule has 0 aliphatic rings. The summed E-state index contributed by atoms with van der Waals surface area (Å²) in [5, 5.41) is 14.3. The van der Waals surface area contributed by atoms with Crippen LogP contribution in [0.2, 0.25) is 0 Å². The van der Waals surface area contributed by atoms with Crippen molar-refractivity contribution in [2.45, 2.75) is 59.3 Å². The van der Waals surface area contributed by atoms with E-state index in [0.717, 1.165) is 22.4 Å². The van der Waals surface area contributed by atoms with E-state index >= 15 is 0 Å².